The number of carbonyl (C=O) groups excluding carboxylic acids is 1. The van der Waals surface area contributed by atoms with Crippen LogP contribution in [0.25, 0.3) is 0 Å². The molecule has 114 valence electrons. The Hall–Kier alpha value is -0.393. The molecule has 0 heterocycles. The van der Waals surface area contributed by atoms with Crippen LogP contribution in [-0.2, 0) is 14.0 Å². The van der Waals surface area contributed by atoms with E-state index in [0.717, 1.165) is 0 Å². The fourth-order valence-electron chi connectivity index (χ4n) is 1.19. The summed E-state index contributed by atoms with van der Waals surface area (Å²) in [6.07, 6.45) is -0.809. The van der Waals surface area contributed by atoms with Gasteiger partial charge in [0.2, 0.25) is 0 Å². The Balaban J connectivity index is 4.94. The smallest absolute Gasteiger partial charge is 0.316 e. The Labute approximate surface area is 118 Å². The summed E-state index contributed by atoms with van der Waals surface area (Å²) < 4.78 is 11.1. The lowest BCUT2D eigenvalue weighted by Gasteiger charge is -2.40. The van der Waals surface area contributed by atoms with Crippen LogP contribution < -0.4 is 0 Å². The van der Waals surface area contributed by atoms with E-state index in [1.54, 1.807) is 20.8 Å². The van der Waals surface area contributed by atoms with Crippen molar-refractivity contribution in [1.29, 1.82) is 0 Å². The maximum atomic E-state index is 12.0. The highest BCUT2D eigenvalue weighted by Crippen LogP contribution is 2.38. The van der Waals surface area contributed by atoms with Gasteiger partial charge in [0, 0.05) is 0 Å². The van der Waals surface area contributed by atoms with Crippen LogP contribution in [0.5, 0.6) is 0 Å². The van der Waals surface area contributed by atoms with Crippen molar-refractivity contribution in [2.45, 2.75) is 65.8 Å². The molecule has 0 aliphatic heterocycles. The first-order chi connectivity index (χ1) is 8.38. The molecule has 2 atom stereocenters. The zero-order valence-corrected chi connectivity index (χ0v) is 14.7. The van der Waals surface area contributed by atoms with Crippen LogP contribution in [0.15, 0.2) is 0 Å². The van der Waals surface area contributed by atoms with Crippen molar-refractivity contribution in [3.05, 3.63) is 0 Å². The summed E-state index contributed by atoms with van der Waals surface area (Å²) in [5.74, 6) is -0.399. The molecule has 0 unspecified atom stereocenters. The predicted molar refractivity (Wildman–Crippen MR) is 79.6 cm³/mol. The molecular weight excluding hydrogens is 260 g/mol. The summed E-state index contributed by atoms with van der Waals surface area (Å²) >= 11 is 0. The lowest BCUT2D eigenvalue weighted by molar-refractivity contribution is -0.163. The number of esters is 1. The topological polar surface area (TPSA) is 55.8 Å². The molecule has 0 aromatic rings. The van der Waals surface area contributed by atoms with Gasteiger partial charge in [-0.25, -0.2) is 0 Å². The summed E-state index contributed by atoms with van der Waals surface area (Å²) in [7, 11) is -1.95. The highest BCUT2D eigenvalue weighted by molar-refractivity contribution is 6.74. The van der Waals surface area contributed by atoms with Crippen LogP contribution in [0.2, 0.25) is 18.1 Å². The van der Waals surface area contributed by atoms with E-state index in [1.807, 2.05) is 0 Å². The minimum Gasteiger partial charge on any atom is -0.465 e. The molecule has 0 bridgehead atoms. The average Bonchev–Trinajstić information content (AvgIpc) is 2.24. The molecule has 0 saturated heterocycles. The number of hydrogen-bond acceptors (Lipinski definition) is 4. The zero-order chi connectivity index (χ0) is 15.5. The molecule has 19 heavy (non-hydrogen) atoms. The van der Waals surface area contributed by atoms with Gasteiger partial charge in [-0.1, -0.05) is 20.8 Å². The second-order valence-electron chi connectivity index (χ2n) is 6.86. The van der Waals surface area contributed by atoms with Crippen LogP contribution >= 0.6 is 0 Å². The third-order valence-electron chi connectivity index (χ3n) is 4.20. The highest BCUT2D eigenvalue weighted by atomic mass is 28.4. The first kappa shape index (κ1) is 18.6. The SMILES string of the molecule is CCOC(=O)[C@](C)(CO[Si](C)(C)C(C)(C)C)[C@@H](C)O. The Morgan fingerprint density at radius 1 is 1.26 bits per heavy atom. The van der Waals surface area contributed by atoms with E-state index in [9.17, 15) is 9.90 Å². The molecule has 4 nitrogen and oxygen atoms in total. The van der Waals surface area contributed by atoms with Crippen LogP contribution in [0, 0.1) is 5.41 Å². The molecule has 0 saturated carbocycles. The van der Waals surface area contributed by atoms with Gasteiger partial charge in [0.05, 0.1) is 19.3 Å². The minimum absolute atomic E-state index is 0.0707. The summed E-state index contributed by atoms with van der Waals surface area (Å²) in [5.41, 5.74) is -1.01. The van der Waals surface area contributed by atoms with E-state index < -0.39 is 25.8 Å². The Morgan fingerprint density at radius 2 is 1.74 bits per heavy atom. The Bertz CT molecular complexity index is 307. The van der Waals surface area contributed by atoms with E-state index in [1.165, 1.54) is 0 Å². The number of aliphatic hydroxyl groups is 1. The van der Waals surface area contributed by atoms with Gasteiger partial charge in [0.15, 0.2) is 8.32 Å². The molecule has 0 aromatic heterocycles. The zero-order valence-electron chi connectivity index (χ0n) is 13.7. The first-order valence-electron chi connectivity index (χ1n) is 6.87. The molecule has 1 N–H and O–H groups in total. The number of ether oxygens (including phenoxy) is 1. The summed E-state index contributed by atoms with van der Waals surface area (Å²) in [4.78, 5) is 12.0. The van der Waals surface area contributed by atoms with Gasteiger partial charge in [0.25, 0.3) is 0 Å². The van der Waals surface area contributed by atoms with Crippen molar-refractivity contribution in [2.24, 2.45) is 5.41 Å². The van der Waals surface area contributed by atoms with Crippen molar-refractivity contribution >= 4 is 14.3 Å². The lowest BCUT2D eigenvalue weighted by Crippen LogP contribution is -2.49. The highest BCUT2D eigenvalue weighted by Gasteiger charge is 2.44. The first-order valence-corrected chi connectivity index (χ1v) is 9.78. The lowest BCUT2D eigenvalue weighted by atomic mass is 9.86. The molecule has 0 radical (unpaired) electrons. The van der Waals surface area contributed by atoms with Gasteiger partial charge in [0.1, 0.15) is 5.41 Å². The molecule has 5 heteroatoms. The normalized spacial score (nSPS) is 17.7. The molecule has 0 aromatic carbocycles. The van der Waals surface area contributed by atoms with Gasteiger partial charge in [-0.15, -0.1) is 0 Å². The van der Waals surface area contributed by atoms with E-state index in [2.05, 4.69) is 33.9 Å². The van der Waals surface area contributed by atoms with Crippen LogP contribution in [0.1, 0.15) is 41.5 Å². The quantitative estimate of drug-likeness (QED) is 0.603. The van der Waals surface area contributed by atoms with Crippen LogP contribution in [0.3, 0.4) is 0 Å². The summed E-state index contributed by atoms with van der Waals surface area (Å²) in [6, 6.07) is 0. The largest absolute Gasteiger partial charge is 0.465 e. The van der Waals surface area contributed by atoms with Crippen LogP contribution in [-0.4, -0.2) is 38.7 Å². The monoisotopic (exact) mass is 290 g/mol. The fraction of sp³-hybridized carbons (Fsp3) is 0.929. The summed E-state index contributed by atoms with van der Waals surface area (Å²) in [6.45, 7) is 16.2. The number of hydrogen-bond donors (Lipinski definition) is 1. The van der Waals surface area contributed by atoms with E-state index >= 15 is 0 Å². The van der Waals surface area contributed by atoms with Gasteiger partial charge in [-0.05, 0) is 38.9 Å². The van der Waals surface area contributed by atoms with Crippen molar-refractivity contribution in [3.63, 3.8) is 0 Å². The third-order valence-corrected chi connectivity index (χ3v) is 8.68. The molecule has 0 aliphatic carbocycles. The predicted octanol–water partition coefficient (Wildman–Crippen LogP) is 2.96. The van der Waals surface area contributed by atoms with E-state index in [0.29, 0.717) is 6.61 Å². The van der Waals surface area contributed by atoms with E-state index in [-0.39, 0.29) is 11.6 Å². The van der Waals surface area contributed by atoms with Crippen LogP contribution in [0.4, 0.5) is 0 Å². The van der Waals surface area contributed by atoms with E-state index in [4.69, 9.17) is 9.16 Å². The average molecular weight is 290 g/mol. The van der Waals surface area contributed by atoms with Crippen molar-refractivity contribution < 1.29 is 19.1 Å². The second kappa shape index (κ2) is 6.37. The fourth-order valence-corrected chi connectivity index (χ4v) is 2.29. The Kier molecular flexibility index (Phi) is 6.24. The van der Waals surface area contributed by atoms with Crippen molar-refractivity contribution in [2.75, 3.05) is 13.2 Å². The molecule has 0 fully saturated rings. The molecular formula is C14H30O4Si. The van der Waals surface area contributed by atoms with Crippen molar-refractivity contribution in [3.8, 4) is 0 Å². The summed E-state index contributed by atoms with van der Waals surface area (Å²) in [5, 5.41) is 9.97. The molecule has 0 spiro atoms. The number of rotatable bonds is 6. The second-order valence-corrected chi connectivity index (χ2v) is 11.7. The van der Waals surface area contributed by atoms with Gasteiger partial charge >= 0.3 is 5.97 Å². The maximum Gasteiger partial charge on any atom is 0.316 e. The molecule has 0 amide bonds. The van der Waals surface area contributed by atoms with Gasteiger partial charge in [-0.2, -0.15) is 0 Å². The maximum absolute atomic E-state index is 12.0. The number of carbonyl (C=O) groups is 1. The minimum atomic E-state index is -1.95. The Morgan fingerprint density at radius 3 is 2.05 bits per heavy atom. The van der Waals surface area contributed by atoms with Gasteiger partial charge < -0.3 is 14.3 Å². The standard InChI is InChI=1S/C14H30O4Si/c1-9-17-12(16)14(6,11(2)15)10-18-19(7,8)13(3,4)5/h11,15H,9-10H2,1-8H3/t11-,14-/m1/s1. The molecule has 0 aliphatic rings. The third kappa shape index (κ3) is 4.58. The van der Waals surface area contributed by atoms with Crippen molar-refractivity contribution in [1.82, 2.24) is 0 Å². The van der Waals surface area contributed by atoms with Gasteiger partial charge in [-0.3, -0.25) is 4.79 Å². The number of aliphatic hydroxyl groups excluding tert-OH is 1. The molecule has 0 rings (SSSR count).